The SMILES string of the molecule is Cc1ncsc1-c1ccc([C@H](C)NC(=O)[C@@H]2C[C@@H](OC(=O)CCP(=O)(O)O)CN2C(=O)[C@@H](NC(C)C)C(C)(C)C)cc1. The Morgan fingerprint density at radius 1 is 1.17 bits per heavy atom. The molecule has 0 radical (unpaired) electrons. The molecular formula is C29H43N4O7PS. The fourth-order valence-corrected chi connectivity index (χ4v) is 6.23. The van der Waals surface area contributed by atoms with E-state index in [0.29, 0.717) is 0 Å². The molecule has 11 nitrogen and oxygen atoms in total. The highest BCUT2D eigenvalue weighted by atomic mass is 32.1. The molecule has 1 aliphatic rings. The van der Waals surface area contributed by atoms with E-state index in [2.05, 4.69) is 15.6 Å². The van der Waals surface area contributed by atoms with E-state index in [1.54, 1.807) is 16.8 Å². The highest BCUT2D eigenvalue weighted by Crippen LogP contribution is 2.35. The molecule has 2 aromatic rings. The summed E-state index contributed by atoms with van der Waals surface area (Å²) >= 11 is 1.57. The van der Waals surface area contributed by atoms with Crippen LogP contribution < -0.4 is 10.6 Å². The molecule has 13 heteroatoms. The highest BCUT2D eigenvalue weighted by Gasteiger charge is 2.45. The fraction of sp³-hybridized carbons (Fsp3) is 0.586. The van der Waals surface area contributed by atoms with Crippen molar-refractivity contribution in [3.63, 3.8) is 0 Å². The van der Waals surface area contributed by atoms with Gasteiger partial charge in [-0.05, 0) is 30.4 Å². The van der Waals surface area contributed by atoms with E-state index in [1.807, 2.05) is 72.7 Å². The zero-order valence-corrected chi connectivity index (χ0v) is 27.0. The van der Waals surface area contributed by atoms with Gasteiger partial charge in [-0.3, -0.25) is 18.9 Å². The minimum absolute atomic E-state index is 0.00219. The van der Waals surface area contributed by atoms with Gasteiger partial charge in [-0.2, -0.15) is 0 Å². The first-order valence-corrected chi connectivity index (χ1v) is 16.8. The van der Waals surface area contributed by atoms with E-state index in [9.17, 15) is 18.9 Å². The van der Waals surface area contributed by atoms with E-state index in [1.165, 1.54) is 4.90 Å². The second-order valence-corrected chi connectivity index (χ2v) is 14.9. The number of ether oxygens (including phenoxy) is 1. The number of aryl methyl sites for hydroxylation is 1. The molecular weight excluding hydrogens is 579 g/mol. The van der Waals surface area contributed by atoms with Crippen molar-refractivity contribution in [3.05, 3.63) is 41.0 Å². The molecule has 232 valence electrons. The summed E-state index contributed by atoms with van der Waals surface area (Å²) in [7, 11) is -4.37. The molecule has 4 atom stereocenters. The third-order valence-corrected chi connectivity index (χ3v) is 8.93. The number of aromatic nitrogens is 1. The van der Waals surface area contributed by atoms with Crippen LogP contribution in [0.15, 0.2) is 29.8 Å². The zero-order valence-electron chi connectivity index (χ0n) is 25.3. The molecule has 0 aliphatic carbocycles. The first kappa shape index (κ1) is 33.9. The number of likely N-dealkylation sites (tertiary alicyclic amines) is 1. The number of carbonyl (C=O) groups is 3. The summed E-state index contributed by atoms with van der Waals surface area (Å²) in [6, 6.07) is 6.03. The molecule has 1 fully saturated rings. The average Bonchev–Trinajstić information content (AvgIpc) is 3.51. The van der Waals surface area contributed by atoms with Gasteiger partial charge in [0, 0.05) is 12.5 Å². The number of amides is 2. The second kappa shape index (κ2) is 13.8. The van der Waals surface area contributed by atoms with Crippen molar-refractivity contribution in [1.29, 1.82) is 0 Å². The van der Waals surface area contributed by atoms with Gasteiger partial charge in [0.1, 0.15) is 12.1 Å². The summed E-state index contributed by atoms with van der Waals surface area (Å²) in [4.78, 5) is 65.0. The lowest BCUT2D eigenvalue weighted by Gasteiger charge is -2.36. The number of esters is 1. The Bertz CT molecular complexity index is 1300. The highest BCUT2D eigenvalue weighted by molar-refractivity contribution is 7.51. The molecule has 1 saturated heterocycles. The van der Waals surface area contributed by atoms with Crippen molar-refractivity contribution in [3.8, 4) is 10.4 Å². The lowest BCUT2D eigenvalue weighted by Crippen LogP contribution is -2.58. The summed E-state index contributed by atoms with van der Waals surface area (Å²) in [5.41, 5.74) is 4.22. The lowest BCUT2D eigenvalue weighted by molar-refractivity contribution is -0.149. The Balaban J connectivity index is 1.79. The first-order valence-electron chi connectivity index (χ1n) is 14.1. The Labute approximate surface area is 251 Å². The monoisotopic (exact) mass is 622 g/mol. The lowest BCUT2D eigenvalue weighted by atomic mass is 9.85. The van der Waals surface area contributed by atoms with Crippen LogP contribution in [0.4, 0.5) is 0 Å². The van der Waals surface area contributed by atoms with Gasteiger partial charge in [0.15, 0.2) is 0 Å². The van der Waals surface area contributed by atoms with E-state index in [0.717, 1.165) is 21.7 Å². The number of hydrogen-bond acceptors (Lipinski definition) is 8. The van der Waals surface area contributed by atoms with Gasteiger partial charge in [-0.15, -0.1) is 11.3 Å². The van der Waals surface area contributed by atoms with Crippen molar-refractivity contribution in [2.75, 3.05) is 12.7 Å². The third-order valence-electron chi connectivity index (χ3n) is 7.14. The van der Waals surface area contributed by atoms with E-state index in [4.69, 9.17) is 14.5 Å². The van der Waals surface area contributed by atoms with Crippen LogP contribution >= 0.6 is 18.9 Å². The molecule has 3 rings (SSSR count). The molecule has 0 spiro atoms. The summed E-state index contributed by atoms with van der Waals surface area (Å²) in [5, 5.41) is 6.33. The number of hydrogen-bond donors (Lipinski definition) is 4. The standard InChI is InChI=1S/C29H43N4O7PS/c1-17(2)31-26(29(5,6)7)28(36)33-15-22(40-24(34)12-13-41(37,38)39)14-23(33)27(35)32-18(3)20-8-10-21(11-9-20)25-19(4)30-16-42-25/h8-11,16-18,22-23,26,31H,12-15H2,1-7H3,(H,32,35)(H2,37,38,39)/t18-,22+,23-,26+/m0/s1. The van der Waals surface area contributed by atoms with Gasteiger partial charge in [0.05, 0.1) is 47.3 Å². The average molecular weight is 623 g/mol. The molecule has 0 saturated carbocycles. The molecule has 0 bridgehead atoms. The summed E-state index contributed by atoms with van der Waals surface area (Å²) in [6.45, 7) is 13.5. The predicted octanol–water partition coefficient (Wildman–Crippen LogP) is 3.79. The zero-order chi connectivity index (χ0) is 31.4. The smallest absolute Gasteiger partial charge is 0.326 e. The summed E-state index contributed by atoms with van der Waals surface area (Å²) in [6.07, 6.45) is -1.80. The van der Waals surface area contributed by atoms with Crippen molar-refractivity contribution < 1.29 is 33.5 Å². The molecule has 2 amide bonds. The van der Waals surface area contributed by atoms with Gasteiger partial charge in [0.25, 0.3) is 0 Å². The van der Waals surface area contributed by atoms with Crippen LogP contribution in [0.25, 0.3) is 10.4 Å². The largest absolute Gasteiger partial charge is 0.460 e. The van der Waals surface area contributed by atoms with Crippen molar-refractivity contribution in [1.82, 2.24) is 20.5 Å². The van der Waals surface area contributed by atoms with Crippen LogP contribution in [0.5, 0.6) is 0 Å². The Hall–Kier alpha value is -2.63. The normalized spacial score (nSPS) is 19.0. The van der Waals surface area contributed by atoms with Crippen LogP contribution in [0.2, 0.25) is 0 Å². The maximum Gasteiger partial charge on any atom is 0.326 e. The molecule has 42 heavy (non-hydrogen) atoms. The van der Waals surface area contributed by atoms with Crippen molar-refractivity contribution >= 4 is 36.7 Å². The van der Waals surface area contributed by atoms with E-state index >= 15 is 0 Å². The molecule has 2 heterocycles. The Morgan fingerprint density at radius 2 is 1.81 bits per heavy atom. The molecule has 0 unspecified atom stereocenters. The van der Waals surface area contributed by atoms with Crippen LogP contribution in [0, 0.1) is 12.3 Å². The minimum Gasteiger partial charge on any atom is -0.460 e. The van der Waals surface area contributed by atoms with E-state index < -0.39 is 49.8 Å². The third kappa shape index (κ3) is 9.18. The maximum absolute atomic E-state index is 13.9. The van der Waals surface area contributed by atoms with Crippen LogP contribution in [-0.2, 0) is 23.7 Å². The molecule has 1 aromatic carbocycles. The van der Waals surface area contributed by atoms with Gasteiger partial charge < -0.3 is 30.1 Å². The Morgan fingerprint density at radius 3 is 2.33 bits per heavy atom. The van der Waals surface area contributed by atoms with Gasteiger partial charge in [0.2, 0.25) is 11.8 Å². The van der Waals surface area contributed by atoms with Crippen molar-refractivity contribution in [2.45, 2.75) is 91.6 Å². The predicted molar refractivity (Wildman–Crippen MR) is 162 cm³/mol. The number of nitrogens with one attached hydrogen (secondary N) is 2. The number of nitrogens with zero attached hydrogens (tertiary/aromatic N) is 2. The minimum atomic E-state index is -4.37. The fourth-order valence-electron chi connectivity index (χ4n) is 4.94. The number of carbonyl (C=O) groups excluding carboxylic acids is 3. The maximum atomic E-state index is 13.9. The first-order chi connectivity index (χ1) is 19.5. The van der Waals surface area contributed by atoms with Crippen LogP contribution in [-0.4, -0.2) is 74.4 Å². The molecule has 4 N–H and O–H groups in total. The van der Waals surface area contributed by atoms with Crippen molar-refractivity contribution in [2.24, 2.45) is 5.41 Å². The Kier molecular flexibility index (Phi) is 11.1. The van der Waals surface area contributed by atoms with Gasteiger partial charge in [-0.25, -0.2) is 4.98 Å². The van der Waals surface area contributed by atoms with Gasteiger partial charge >= 0.3 is 13.6 Å². The number of thiazole rings is 1. The van der Waals surface area contributed by atoms with Gasteiger partial charge in [-0.1, -0.05) is 58.9 Å². The second-order valence-electron chi connectivity index (χ2n) is 12.2. The quantitative estimate of drug-likeness (QED) is 0.216. The van der Waals surface area contributed by atoms with E-state index in [-0.39, 0.29) is 36.9 Å². The molecule has 1 aromatic heterocycles. The number of rotatable bonds is 11. The summed E-state index contributed by atoms with van der Waals surface area (Å²) in [5.74, 6) is -1.43. The van der Waals surface area contributed by atoms with Crippen LogP contribution in [0.1, 0.15) is 71.7 Å². The molecule has 1 aliphatic heterocycles. The topological polar surface area (TPSA) is 158 Å². The number of benzene rings is 1. The van der Waals surface area contributed by atoms with Crippen LogP contribution in [0.3, 0.4) is 0 Å². The summed E-state index contributed by atoms with van der Waals surface area (Å²) < 4.78 is 16.7.